The van der Waals surface area contributed by atoms with Crippen molar-refractivity contribution in [1.82, 2.24) is 0 Å². The van der Waals surface area contributed by atoms with Crippen molar-refractivity contribution >= 4 is 12.0 Å². The van der Waals surface area contributed by atoms with Gasteiger partial charge in [-0.05, 0) is 17.2 Å². The minimum absolute atomic E-state index is 0.304. The summed E-state index contributed by atoms with van der Waals surface area (Å²) in [5, 5.41) is 17.7. The van der Waals surface area contributed by atoms with E-state index < -0.39 is 11.9 Å². The number of aliphatic carboxylic acids is 1. The van der Waals surface area contributed by atoms with Gasteiger partial charge in [0, 0.05) is 5.57 Å². The topological polar surface area (TPSA) is 61.1 Å². The molecule has 14 heavy (non-hydrogen) atoms. The molecule has 0 radical (unpaired) electrons. The van der Waals surface area contributed by atoms with Gasteiger partial charge in [-0.15, -0.1) is 0 Å². The predicted octanol–water partition coefficient (Wildman–Crippen LogP) is 1.78. The Balaban J connectivity index is 2.58. The van der Waals surface area contributed by atoms with E-state index in [9.17, 15) is 4.79 Å². The SMILES string of the molecule is N#CC1=Cc2ccccc2C1C(=O)O. The van der Waals surface area contributed by atoms with Crippen LogP contribution in [0.1, 0.15) is 17.0 Å². The van der Waals surface area contributed by atoms with Crippen molar-refractivity contribution in [3.63, 3.8) is 0 Å². The quantitative estimate of drug-likeness (QED) is 0.725. The maximum absolute atomic E-state index is 10.9. The first kappa shape index (κ1) is 8.52. The molecule has 1 aliphatic rings. The highest BCUT2D eigenvalue weighted by Crippen LogP contribution is 2.35. The van der Waals surface area contributed by atoms with Crippen molar-refractivity contribution < 1.29 is 9.90 Å². The number of fused-ring (bicyclic) bond motifs is 1. The lowest BCUT2D eigenvalue weighted by atomic mass is 9.97. The van der Waals surface area contributed by atoms with Crippen LogP contribution in [0.2, 0.25) is 0 Å². The molecule has 3 heteroatoms. The van der Waals surface area contributed by atoms with Crippen LogP contribution in [0.15, 0.2) is 29.8 Å². The fourth-order valence-electron chi connectivity index (χ4n) is 1.69. The maximum Gasteiger partial charge on any atom is 0.316 e. The molecule has 1 aromatic rings. The van der Waals surface area contributed by atoms with Crippen molar-refractivity contribution in [3.05, 3.63) is 41.0 Å². The van der Waals surface area contributed by atoms with Gasteiger partial charge in [0.25, 0.3) is 0 Å². The Morgan fingerprint density at radius 2 is 2.14 bits per heavy atom. The molecule has 0 spiro atoms. The van der Waals surface area contributed by atoms with E-state index in [1.54, 1.807) is 18.2 Å². The van der Waals surface area contributed by atoms with Gasteiger partial charge in [-0.25, -0.2) is 0 Å². The minimum atomic E-state index is -0.970. The molecule has 3 nitrogen and oxygen atoms in total. The van der Waals surface area contributed by atoms with Crippen molar-refractivity contribution in [2.45, 2.75) is 5.92 Å². The van der Waals surface area contributed by atoms with Crippen LogP contribution < -0.4 is 0 Å². The molecule has 0 amide bonds. The van der Waals surface area contributed by atoms with Gasteiger partial charge in [0.1, 0.15) is 5.92 Å². The summed E-state index contributed by atoms with van der Waals surface area (Å²) in [6, 6.07) is 9.09. The number of hydrogen-bond acceptors (Lipinski definition) is 2. The molecule has 2 rings (SSSR count). The molecule has 0 aromatic heterocycles. The molecule has 1 aromatic carbocycles. The molecule has 0 bridgehead atoms. The van der Waals surface area contributed by atoms with Crippen LogP contribution in [0.5, 0.6) is 0 Å². The van der Waals surface area contributed by atoms with Gasteiger partial charge in [0.2, 0.25) is 0 Å². The summed E-state index contributed by atoms with van der Waals surface area (Å²) in [4.78, 5) is 10.9. The van der Waals surface area contributed by atoms with Gasteiger partial charge >= 0.3 is 5.97 Å². The third kappa shape index (κ3) is 1.09. The summed E-state index contributed by atoms with van der Waals surface area (Å²) in [7, 11) is 0. The fourth-order valence-corrected chi connectivity index (χ4v) is 1.69. The Hall–Kier alpha value is -2.08. The van der Waals surface area contributed by atoms with Crippen molar-refractivity contribution in [3.8, 4) is 6.07 Å². The molecule has 0 heterocycles. The van der Waals surface area contributed by atoms with Crippen LogP contribution in [0, 0.1) is 11.3 Å². The number of carbonyl (C=O) groups is 1. The van der Waals surface area contributed by atoms with Crippen molar-refractivity contribution in [1.29, 1.82) is 5.26 Å². The molecule has 1 N–H and O–H groups in total. The number of nitrogens with zero attached hydrogens (tertiary/aromatic N) is 1. The maximum atomic E-state index is 10.9. The summed E-state index contributed by atoms with van der Waals surface area (Å²) in [6.07, 6.45) is 1.63. The van der Waals surface area contributed by atoms with Crippen LogP contribution in [0.25, 0.3) is 6.08 Å². The van der Waals surface area contributed by atoms with E-state index in [-0.39, 0.29) is 0 Å². The molecular weight excluding hydrogens is 178 g/mol. The summed E-state index contributed by atoms with van der Waals surface area (Å²) < 4.78 is 0. The highest BCUT2D eigenvalue weighted by Gasteiger charge is 2.30. The first-order valence-electron chi connectivity index (χ1n) is 4.17. The Morgan fingerprint density at radius 1 is 1.43 bits per heavy atom. The van der Waals surface area contributed by atoms with E-state index in [2.05, 4.69) is 0 Å². The molecule has 1 aliphatic carbocycles. The van der Waals surface area contributed by atoms with Crippen LogP contribution in [-0.2, 0) is 4.79 Å². The lowest BCUT2D eigenvalue weighted by Gasteiger charge is -2.06. The second-order valence-corrected chi connectivity index (χ2v) is 3.11. The average Bonchev–Trinajstić information content (AvgIpc) is 2.55. The molecule has 1 atom stereocenters. The normalized spacial score (nSPS) is 18.2. The number of rotatable bonds is 1. The summed E-state index contributed by atoms with van der Waals surface area (Å²) in [5.74, 6) is -1.75. The number of benzene rings is 1. The monoisotopic (exact) mass is 185 g/mol. The van der Waals surface area contributed by atoms with Gasteiger partial charge in [0.05, 0.1) is 6.07 Å². The second kappa shape index (κ2) is 3.00. The summed E-state index contributed by atoms with van der Waals surface area (Å²) >= 11 is 0. The summed E-state index contributed by atoms with van der Waals surface area (Å²) in [5.41, 5.74) is 1.84. The number of carboxylic acids is 1. The molecule has 0 aliphatic heterocycles. The minimum Gasteiger partial charge on any atom is -0.481 e. The Labute approximate surface area is 80.9 Å². The second-order valence-electron chi connectivity index (χ2n) is 3.11. The zero-order valence-electron chi connectivity index (χ0n) is 7.27. The van der Waals surface area contributed by atoms with Crippen LogP contribution in [0.3, 0.4) is 0 Å². The van der Waals surface area contributed by atoms with Crippen molar-refractivity contribution in [2.24, 2.45) is 0 Å². The van der Waals surface area contributed by atoms with Crippen molar-refractivity contribution in [2.75, 3.05) is 0 Å². The Morgan fingerprint density at radius 3 is 2.79 bits per heavy atom. The Bertz CT molecular complexity index is 468. The zero-order valence-corrected chi connectivity index (χ0v) is 7.27. The van der Waals surface area contributed by atoms with E-state index in [1.807, 2.05) is 18.2 Å². The standard InChI is InChI=1S/C11H7NO2/c12-6-8-5-7-3-1-2-4-9(7)10(8)11(13)14/h1-5,10H,(H,13,14). The molecule has 68 valence electrons. The first-order chi connectivity index (χ1) is 6.74. The van der Waals surface area contributed by atoms with E-state index in [0.29, 0.717) is 11.1 Å². The lowest BCUT2D eigenvalue weighted by molar-refractivity contribution is -0.137. The van der Waals surface area contributed by atoms with E-state index in [0.717, 1.165) is 5.56 Å². The first-order valence-corrected chi connectivity index (χ1v) is 4.17. The average molecular weight is 185 g/mol. The van der Waals surface area contributed by atoms with Gasteiger partial charge in [0.15, 0.2) is 0 Å². The lowest BCUT2D eigenvalue weighted by Crippen LogP contribution is -2.10. The van der Waals surface area contributed by atoms with E-state index in [4.69, 9.17) is 10.4 Å². The zero-order chi connectivity index (χ0) is 10.1. The number of hydrogen-bond donors (Lipinski definition) is 1. The number of nitriles is 1. The van der Waals surface area contributed by atoms with Gasteiger partial charge < -0.3 is 5.11 Å². The van der Waals surface area contributed by atoms with Crippen LogP contribution in [-0.4, -0.2) is 11.1 Å². The van der Waals surface area contributed by atoms with E-state index >= 15 is 0 Å². The molecule has 0 saturated carbocycles. The third-order valence-corrected chi connectivity index (χ3v) is 2.31. The highest BCUT2D eigenvalue weighted by molar-refractivity contribution is 5.89. The molecule has 0 fully saturated rings. The predicted molar refractivity (Wildman–Crippen MR) is 50.4 cm³/mol. The fraction of sp³-hybridized carbons (Fsp3) is 0.0909. The van der Waals surface area contributed by atoms with Gasteiger partial charge in [-0.1, -0.05) is 24.3 Å². The van der Waals surface area contributed by atoms with Gasteiger partial charge in [-0.3, -0.25) is 4.79 Å². The van der Waals surface area contributed by atoms with E-state index in [1.165, 1.54) is 0 Å². The van der Waals surface area contributed by atoms with Crippen LogP contribution in [0.4, 0.5) is 0 Å². The summed E-state index contributed by atoms with van der Waals surface area (Å²) in [6.45, 7) is 0. The Kier molecular flexibility index (Phi) is 1.83. The van der Waals surface area contributed by atoms with Gasteiger partial charge in [-0.2, -0.15) is 5.26 Å². The largest absolute Gasteiger partial charge is 0.481 e. The smallest absolute Gasteiger partial charge is 0.316 e. The molecular formula is C11H7NO2. The highest BCUT2D eigenvalue weighted by atomic mass is 16.4. The van der Waals surface area contributed by atoms with Crippen LogP contribution >= 0.6 is 0 Å². The molecule has 1 unspecified atom stereocenters. The number of carboxylic acid groups (broad SMARTS) is 1. The third-order valence-electron chi connectivity index (χ3n) is 2.31. The molecule has 0 saturated heterocycles.